The van der Waals surface area contributed by atoms with Crippen molar-refractivity contribution in [1.29, 1.82) is 0 Å². The highest BCUT2D eigenvalue weighted by Crippen LogP contribution is 2.08. The third-order valence-electron chi connectivity index (χ3n) is 1.61. The fourth-order valence-corrected chi connectivity index (χ4v) is 1.12. The van der Waals surface area contributed by atoms with Crippen LogP contribution in [0.3, 0.4) is 0 Å². The van der Waals surface area contributed by atoms with Gasteiger partial charge in [0.1, 0.15) is 5.82 Å². The zero-order valence-electron chi connectivity index (χ0n) is 7.83. The smallest absolute Gasteiger partial charge is 0.335 e. The van der Waals surface area contributed by atoms with Gasteiger partial charge in [-0.1, -0.05) is 11.8 Å². The van der Waals surface area contributed by atoms with Crippen LogP contribution in [0.1, 0.15) is 22.3 Å². The summed E-state index contributed by atoms with van der Waals surface area (Å²) in [5.74, 6) is 4.30. The van der Waals surface area contributed by atoms with Gasteiger partial charge in [-0.15, -0.1) is 0 Å². The van der Waals surface area contributed by atoms with Crippen molar-refractivity contribution < 1.29 is 14.3 Å². The van der Waals surface area contributed by atoms with Gasteiger partial charge in [-0.05, 0) is 18.2 Å². The molecule has 0 aliphatic rings. The summed E-state index contributed by atoms with van der Waals surface area (Å²) in [5.41, 5.74) is 0.277. The number of carbonyl (C=O) groups is 1. The summed E-state index contributed by atoms with van der Waals surface area (Å²) in [4.78, 5) is 10.6. The van der Waals surface area contributed by atoms with E-state index in [1.807, 2.05) is 0 Å². The lowest BCUT2D eigenvalue weighted by molar-refractivity contribution is 0.0696. The van der Waals surface area contributed by atoms with Crippen LogP contribution in [-0.4, -0.2) is 16.8 Å². The van der Waals surface area contributed by atoms with Crippen LogP contribution in [0.4, 0.5) is 4.39 Å². The lowest BCUT2D eigenvalue weighted by Gasteiger charge is -1.96. The standard InChI is InChI=1S/C11H9FO2S/c12-10-6-8(3-1-2-4-15)5-9(7-10)11(13)14/h5-7,15H,2,4H2,(H,13,14). The van der Waals surface area contributed by atoms with Gasteiger partial charge in [0, 0.05) is 17.7 Å². The minimum Gasteiger partial charge on any atom is -0.478 e. The van der Waals surface area contributed by atoms with Gasteiger partial charge >= 0.3 is 5.97 Å². The van der Waals surface area contributed by atoms with Crippen LogP contribution in [0.25, 0.3) is 0 Å². The van der Waals surface area contributed by atoms with Crippen molar-refractivity contribution in [2.24, 2.45) is 0 Å². The summed E-state index contributed by atoms with van der Waals surface area (Å²) >= 11 is 3.97. The molecule has 0 aliphatic carbocycles. The molecular formula is C11H9FO2S. The van der Waals surface area contributed by atoms with Crippen LogP contribution in [0.5, 0.6) is 0 Å². The maximum Gasteiger partial charge on any atom is 0.335 e. The van der Waals surface area contributed by atoms with E-state index >= 15 is 0 Å². The van der Waals surface area contributed by atoms with Crippen LogP contribution < -0.4 is 0 Å². The van der Waals surface area contributed by atoms with E-state index in [1.165, 1.54) is 12.1 Å². The highest BCUT2D eigenvalue weighted by atomic mass is 32.1. The Hall–Kier alpha value is -1.47. The highest BCUT2D eigenvalue weighted by Gasteiger charge is 2.05. The Labute approximate surface area is 92.5 Å². The fourth-order valence-electron chi connectivity index (χ4n) is 1.01. The van der Waals surface area contributed by atoms with E-state index in [2.05, 4.69) is 24.5 Å². The monoisotopic (exact) mass is 224 g/mol. The molecule has 2 nitrogen and oxygen atoms in total. The number of hydrogen-bond acceptors (Lipinski definition) is 2. The Kier molecular flexibility index (Phi) is 4.19. The average Bonchev–Trinajstić information content (AvgIpc) is 2.17. The summed E-state index contributed by atoms with van der Waals surface area (Å²) in [7, 11) is 0. The topological polar surface area (TPSA) is 37.3 Å². The molecule has 0 aliphatic heterocycles. The largest absolute Gasteiger partial charge is 0.478 e. The summed E-state index contributed by atoms with van der Waals surface area (Å²) in [5, 5.41) is 8.68. The minimum absolute atomic E-state index is 0.0924. The number of carboxylic acids is 1. The third-order valence-corrected chi connectivity index (χ3v) is 1.84. The Bertz CT molecular complexity index is 432. The number of halogens is 1. The van der Waals surface area contributed by atoms with Gasteiger partial charge in [0.2, 0.25) is 0 Å². The molecule has 0 unspecified atom stereocenters. The molecule has 1 N–H and O–H groups in total. The second-order valence-electron chi connectivity index (χ2n) is 2.81. The molecule has 1 aromatic rings. The molecule has 0 heterocycles. The molecule has 4 heteroatoms. The van der Waals surface area contributed by atoms with Crippen LogP contribution >= 0.6 is 12.6 Å². The lowest BCUT2D eigenvalue weighted by atomic mass is 10.1. The molecule has 0 fully saturated rings. The Balaban J connectivity index is 3.00. The molecule has 0 radical (unpaired) electrons. The van der Waals surface area contributed by atoms with Crippen molar-refractivity contribution >= 4 is 18.6 Å². The van der Waals surface area contributed by atoms with Crippen molar-refractivity contribution in [3.8, 4) is 11.8 Å². The number of hydrogen-bond donors (Lipinski definition) is 2. The first-order chi connectivity index (χ1) is 7.13. The molecule has 0 atom stereocenters. The van der Waals surface area contributed by atoms with E-state index in [0.29, 0.717) is 17.7 Å². The first-order valence-electron chi connectivity index (χ1n) is 4.27. The van der Waals surface area contributed by atoms with E-state index < -0.39 is 11.8 Å². The second-order valence-corrected chi connectivity index (χ2v) is 3.26. The van der Waals surface area contributed by atoms with Gasteiger partial charge in [0.25, 0.3) is 0 Å². The van der Waals surface area contributed by atoms with E-state index in [9.17, 15) is 9.18 Å². The first kappa shape index (κ1) is 11.6. The summed E-state index contributed by atoms with van der Waals surface area (Å²) in [6, 6.07) is 3.51. The van der Waals surface area contributed by atoms with E-state index in [-0.39, 0.29) is 5.56 Å². The van der Waals surface area contributed by atoms with Crippen LogP contribution in [0.2, 0.25) is 0 Å². The molecule has 0 bridgehead atoms. The molecule has 15 heavy (non-hydrogen) atoms. The molecule has 0 spiro atoms. The van der Waals surface area contributed by atoms with Crippen molar-refractivity contribution in [2.75, 3.05) is 5.75 Å². The van der Waals surface area contributed by atoms with Gasteiger partial charge in [-0.2, -0.15) is 12.6 Å². The molecule has 78 valence electrons. The zero-order chi connectivity index (χ0) is 11.3. The molecule has 0 saturated carbocycles. The van der Waals surface area contributed by atoms with Crippen molar-refractivity contribution in [2.45, 2.75) is 6.42 Å². The van der Waals surface area contributed by atoms with E-state index in [0.717, 1.165) is 6.07 Å². The number of aromatic carboxylic acids is 1. The number of thiol groups is 1. The van der Waals surface area contributed by atoms with Crippen molar-refractivity contribution in [1.82, 2.24) is 0 Å². The highest BCUT2D eigenvalue weighted by molar-refractivity contribution is 7.80. The molecule has 1 rings (SSSR count). The van der Waals surface area contributed by atoms with Crippen molar-refractivity contribution in [3.05, 3.63) is 35.1 Å². The maximum absolute atomic E-state index is 13.0. The molecule has 0 amide bonds. The zero-order valence-corrected chi connectivity index (χ0v) is 8.72. The lowest BCUT2D eigenvalue weighted by Crippen LogP contribution is -1.97. The molecule has 0 saturated heterocycles. The van der Waals surface area contributed by atoms with Gasteiger partial charge < -0.3 is 5.11 Å². The number of benzene rings is 1. The summed E-state index contributed by atoms with van der Waals surface area (Å²) < 4.78 is 13.0. The second kappa shape index (κ2) is 5.42. The Morgan fingerprint density at radius 3 is 2.80 bits per heavy atom. The minimum atomic E-state index is -1.16. The first-order valence-corrected chi connectivity index (χ1v) is 4.90. The summed E-state index contributed by atoms with van der Waals surface area (Å²) in [6.45, 7) is 0. The Morgan fingerprint density at radius 1 is 1.47 bits per heavy atom. The van der Waals surface area contributed by atoms with Gasteiger partial charge in [-0.25, -0.2) is 9.18 Å². The molecule has 1 aromatic carbocycles. The predicted molar refractivity (Wildman–Crippen MR) is 58.7 cm³/mol. The predicted octanol–water partition coefficient (Wildman–Crippen LogP) is 2.20. The molecule has 0 aromatic heterocycles. The quantitative estimate of drug-likeness (QED) is 0.597. The van der Waals surface area contributed by atoms with Crippen LogP contribution in [0.15, 0.2) is 18.2 Å². The van der Waals surface area contributed by atoms with Gasteiger partial charge in [0.05, 0.1) is 5.56 Å². The fraction of sp³-hybridized carbons (Fsp3) is 0.182. The van der Waals surface area contributed by atoms with Gasteiger partial charge in [0.15, 0.2) is 0 Å². The normalized spacial score (nSPS) is 9.20. The van der Waals surface area contributed by atoms with Crippen molar-refractivity contribution in [3.63, 3.8) is 0 Å². The van der Waals surface area contributed by atoms with E-state index in [4.69, 9.17) is 5.11 Å². The third kappa shape index (κ3) is 3.64. The average molecular weight is 224 g/mol. The van der Waals surface area contributed by atoms with Crippen LogP contribution in [0, 0.1) is 17.7 Å². The SMILES string of the molecule is O=C(O)c1cc(F)cc(C#CCCS)c1. The number of carboxylic acid groups (broad SMARTS) is 1. The van der Waals surface area contributed by atoms with Crippen LogP contribution in [-0.2, 0) is 0 Å². The maximum atomic E-state index is 13.0. The summed E-state index contributed by atoms with van der Waals surface area (Å²) in [6.07, 6.45) is 0.585. The van der Waals surface area contributed by atoms with Gasteiger partial charge in [-0.3, -0.25) is 0 Å². The Morgan fingerprint density at radius 2 is 2.20 bits per heavy atom. The number of rotatable bonds is 2. The molecular weight excluding hydrogens is 215 g/mol. The van der Waals surface area contributed by atoms with E-state index in [1.54, 1.807) is 0 Å².